The molecule has 334 valence electrons. The van der Waals surface area contributed by atoms with Crippen molar-refractivity contribution in [2.75, 3.05) is 52.9 Å². The van der Waals surface area contributed by atoms with Gasteiger partial charge in [0.15, 0.2) is 0 Å². The summed E-state index contributed by atoms with van der Waals surface area (Å²) < 4.78 is 32.1. The molecule has 0 bridgehead atoms. The van der Waals surface area contributed by atoms with Gasteiger partial charge in [0.05, 0.1) is 0 Å². The molecule has 0 aliphatic carbocycles. The molecule has 0 amide bonds. The summed E-state index contributed by atoms with van der Waals surface area (Å²) in [4.78, 5) is 12.3. The normalized spacial score (nSPS) is 15.8. The Morgan fingerprint density at radius 2 is 0.689 bits per heavy atom. The zero-order valence-electron chi connectivity index (χ0n) is 34.7. The van der Waals surface area contributed by atoms with E-state index in [1.165, 1.54) is 51.4 Å². The second-order valence-electron chi connectivity index (χ2n) is 12.6. The fourth-order valence-corrected chi connectivity index (χ4v) is 20.8. The third-order valence-electron chi connectivity index (χ3n) is 7.68. The molecule has 6 nitrogen and oxygen atoms in total. The van der Waals surface area contributed by atoms with Crippen LogP contribution in [0.4, 0.5) is 0 Å². The molecule has 61 heavy (non-hydrogen) atoms. The van der Waals surface area contributed by atoms with Crippen molar-refractivity contribution < 1.29 is 84.3 Å². The quantitative estimate of drug-likeness (QED) is 0.0548. The summed E-state index contributed by atoms with van der Waals surface area (Å²) in [7, 11) is 1.92. The van der Waals surface area contributed by atoms with Crippen LogP contribution in [0.3, 0.4) is 0 Å². The summed E-state index contributed by atoms with van der Waals surface area (Å²) in [5, 5.41) is 1.21. The maximum absolute atomic E-state index is 12.3. The largest absolute Gasteiger partial charge is 3.00 e. The smallest absolute Gasteiger partial charge is 0.818 e. The van der Waals surface area contributed by atoms with Crippen LogP contribution in [-0.4, -0.2) is 52.9 Å². The Labute approximate surface area is 421 Å². The molecule has 4 fully saturated rings. The Morgan fingerprint density at radius 3 is 0.869 bits per heavy atom. The number of ether oxygens (including phenoxy) is 4. The van der Waals surface area contributed by atoms with E-state index < -0.39 is 11.0 Å². The number of hydrogen-bond acceptors (Lipinski definition) is 10. The molecule has 2 unspecified atom stereocenters. The van der Waals surface area contributed by atoms with E-state index in [-0.39, 0.29) is 55.9 Å². The van der Waals surface area contributed by atoms with Crippen molar-refractivity contribution in [1.82, 2.24) is 0 Å². The van der Waals surface area contributed by atoms with Gasteiger partial charge in [0.25, 0.3) is 0 Å². The van der Waals surface area contributed by atoms with Gasteiger partial charge in [0, 0.05) is 58.4 Å². The van der Waals surface area contributed by atoms with Gasteiger partial charge in [0.2, 0.25) is 0 Å². The average molecular weight is 1060 g/mol. The molecular formula is C46H60Fe2O6P2S4Ti. The Hall–Kier alpha value is -0.417. The molecule has 6 aromatic carbocycles. The molecule has 6 aromatic rings. The van der Waals surface area contributed by atoms with Crippen LogP contribution in [0.15, 0.2) is 170 Å². The van der Waals surface area contributed by atoms with Crippen molar-refractivity contribution in [1.29, 1.82) is 0 Å². The van der Waals surface area contributed by atoms with Crippen LogP contribution in [0, 0.1) is 0 Å². The summed E-state index contributed by atoms with van der Waals surface area (Å²) >= 11 is 10.2. The minimum Gasteiger partial charge on any atom is -0.818 e. The minimum absolute atomic E-state index is 0. The summed E-state index contributed by atoms with van der Waals surface area (Å²) in [5.74, 6) is 0. The maximum Gasteiger partial charge on any atom is 3.00 e. The maximum atomic E-state index is 12.3. The average Bonchev–Trinajstić information content (AvgIpc) is 4.09. The van der Waals surface area contributed by atoms with E-state index in [1.807, 2.05) is 121 Å². The van der Waals surface area contributed by atoms with Crippen LogP contribution in [0.25, 0.3) is 0 Å². The molecule has 15 heteroatoms. The Bertz CT molecular complexity index is 1380. The van der Waals surface area contributed by atoms with Crippen LogP contribution in [0.1, 0.15) is 51.4 Å². The predicted octanol–water partition coefficient (Wildman–Crippen LogP) is 11.7. The summed E-state index contributed by atoms with van der Waals surface area (Å²) in [6.07, 6.45) is 10.2. The number of hydrogen-bond donors (Lipinski definition) is 0. The molecule has 4 aliphatic heterocycles. The van der Waals surface area contributed by atoms with Crippen molar-refractivity contribution >= 4 is 66.5 Å². The Kier molecular flexibility index (Phi) is 46.0. The van der Waals surface area contributed by atoms with Gasteiger partial charge in [-0.3, -0.25) is 0 Å². The van der Waals surface area contributed by atoms with Crippen molar-refractivity contribution in [2.24, 2.45) is 0 Å². The van der Waals surface area contributed by atoms with Gasteiger partial charge in [-0.05, 0) is 51.4 Å². The topological polar surface area (TPSA) is 77.0 Å². The van der Waals surface area contributed by atoms with Gasteiger partial charge in [-0.25, -0.2) is 72.8 Å². The van der Waals surface area contributed by atoms with Crippen LogP contribution >= 0.6 is 31.8 Å². The van der Waals surface area contributed by atoms with Gasteiger partial charge >= 0.3 is 55.9 Å². The van der Waals surface area contributed by atoms with E-state index in [2.05, 4.69) is 0 Å². The first-order chi connectivity index (χ1) is 28.4. The van der Waals surface area contributed by atoms with E-state index in [1.54, 1.807) is 48.5 Å². The van der Waals surface area contributed by atoms with E-state index in [4.69, 9.17) is 43.0 Å². The molecule has 0 spiro atoms. The van der Waals surface area contributed by atoms with Gasteiger partial charge in [-0.2, -0.15) is 97.1 Å². The summed E-state index contributed by atoms with van der Waals surface area (Å²) in [6.45, 7) is 8.00. The van der Waals surface area contributed by atoms with Crippen LogP contribution in [0.5, 0.6) is 0 Å². The van der Waals surface area contributed by atoms with Crippen molar-refractivity contribution in [3.63, 3.8) is 0 Å². The zero-order chi connectivity index (χ0) is 41.5. The van der Waals surface area contributed by atoms with Gasteiger partial charge in [0.1, 0.15) is 0 Å². The third kappa shape index (κ3) is 37.5. The minimum atomic E-state index is -2.97. The molecule has 0 saturated carbocycles. The monoisotopic (exact) mass is 1060 g/mol. The van der Waals surface area contributed by atoms with Gasteiger partial charge in [-0.15, -0.1) is 22.4 Å². The summed E-state index contributed by atoms with van der Waals surface area (Å²) in [6, 6.07) is 54.0. The van der Waals surface area contributed by atoms with Gasteiger partial charge < -0.3 is 40.7 Å². The molecule has 4 heterocycles. The first kappa shape index (κ1) is 62.7. The van der Waals surface area contributed by atoms with Crippen LogP contribution in [-0.2, 0) is 103 Å². The SMILES string of the molecule is C1CCOC1.C1CCOC1.C1CCOC1.C1CCOC1.O=P([S-])(SSP([O-])(=S)[c-]1cccc1)[c-]1cccc1.[Fe+3].[Fe+3].[Ti+2].c1cc[cH-]c1.c1cc[cH-]c1.c1cc[cH-]c1.c1cc[cH-]c1. The Balaban J connectivity index is 0. The molecular weight excluding hydrogens is 998 g/mol. The molecule has 0 aromatic heterocycles. The van der Waals surface area contributed by atoms with E-state index in [9.17, 15) is 9.46 Å². The molecule has 4 saturated heterocycles. The van der Waals surface area contributed by atoms with E-state index in [0.717, 1.165) is 73.7 Å². The molecule has 10 rings (SSSR count). The fourth-order valence-electron chi connectivity index (χ4n) is 4.59. The first-order valence-electron chi connectivity index (χ1n) is 19.8. The van der Waals surface area contributed by atoms with Gasteiger partial charge in [-0.1, -0.05) is 26.3 Å². The second-order valence-corrected chi connectivity index (χ2v) is 27.0. The second kappa shape index (κ2) is 44.8. The van der Waals surface area contributed by atoms with E-state index in [0.29, 0.717) is 10.6 Å². The van der Waals surface area contributed by atoms with E-state index >= 15 is 0 Å². The standard InChI is InChI=1S/C10H10O2P2S4.4C5H5.4C4H8O.2Fe.Ti/c11-13(15,9-5-1-2-6-9)17-18-14(12,16)10-7-3-4-8-10;8*1-2-4-5-3-1;;;/h1-8H,(H,11,15)(H,12,16);4*1-5H;4*1-4H2;;;/q-2;4*-1;;;;;2*+3;+2/p-2. The van der Waals surface area contributed by atoms with Crippen LogP contribution in [0.2, 0.25) is 0 Å². The number of rotatable bonds is 5. The predicted molar refractivity (Wildman–Crippen MR) is 256 cm³/mol. The fraction of sp³-hybridized carbons (Fsp3) is 0.348. The third-order valence-corrected chi connectivity index (χ3v) is 23.1. The van der Waals surface area contributed by atoms with Crippen LogP contribution < -0.4 is 15.5 Å². The van der Waals surface area contributed by atoms with Crippen molar-refractivity contribution in [3.05, 3.63) is 170 Å². The summed E-state index contributed by atoms with van der Waals surface area (Å²) in [5.41, 5.74) is -5.94. The van der Waals surface area contributed by atoms with Crippen molar-refractivity contribution in [3.8, 4) is 0 Å². The van der Waals surface area contributed by atoms with Crippen molar-refractivity contribution in [2.45, 2.75) is 51.4 Å². The molecule has 2 radical (unpaired) electrons. The Morgan fingerprint density at radius 1 is 0.459 bits per heavy atom. The molecule has 2 atom stereocenters. The molecule has 0 N–H and O–H groups in total. The zero-order valence-corrected chi connectivity index (χ0v) is 43.5. The molecule has 4 aliphatic rings. The first-order valence-corrected chi connectivity index (χ1v) is 28.6.